The summed E-state index contributed by atoms with van der Waals surface area (Å²) in [6.07, 6.45) is 2.22. The first-order chi connectivity index (χ1) is 8.71. The monoisotopic (exact) mass is 305 g/mol. The van der Waals surface area contributed by atoms with Crippen molar-refractivity contribution in [3.05, 3.63) is 29.3 Å². The molecule has 0 aliphatic heterocycles. The first kappa shape index (κ1) is 14.2. The predicted octanol–water partition coefficient (Wildman–Crippen LogP) is 2.93. The lowest BCUT2D eigenvalue weighted by Gasteiger charge is -2.05. The van der Waals surface area contributed by atoms with Gasteiger partial charge in [-0.1, -0.05) is 15.9 Å². The Morgan fingerprint density at radius 3 is 2.56 bits per heavy atom. The third-order valence-electron chi connectivity index (χ3n) is 2.33. The molecule has 0 unspecified atom stereocenters. The first-order valence-corrected chi connectivity index (χ1v) is 6.63. The predicted molar refractivity (Wildman–Crippen MR) is 72.1 cm³/mol. The molecule has 1 rings (SSSR count). The zero-order valence-electron chi connectivity index (χ0n) is 9.74. The standard InChI is InChI=1S/C13H12BrN3O/c14-6-2-1-3-13(18)17-12-5-4-10(8-15)11(7-12)9-16/h4-5,7H,1-3,6H2,(H,17,18). The Hall–Kier alpha value is -1.85. The number of anilines is 1. The van der Waals surface area contributed by atoms with E-state index in [1.54, 1.807) is 6.07 Å². The second-order valence-corrected chi connectivity index (χ2v) is 4.47. The van der Waals surface area contributed by atoms with Gasteiger partial charge < -0.3 is 5.32 Å². The van der Waals surface area contributed by atoms with Crippen LogP contribution in [0.4, 0.5) is 5.69 Å². The van der Waals surface area contributed by atoms with Crippen LogP contribution in [0.2, 0.25) is 0 Å². The van der Waals surface area contributed by atoms with Gasteiger partial charge in [0.05, 0.1) is 11.1 Å². The third kappa shape index (κ3) is 4.20. The number of nitrogens with one attached hydrogen (secondary N) is 1. The van der Waals surface area contributed by atoms with E-state index < -0.39 is 0 Å². The molecule has 0 saturated heterocycles. The SMILES string of the molecule is N#Cc1ccc(NC(=O)CCCCBr)cc1C#N. The highest BCUT2D eigenvalue weighted by Crippen LogP contribution is 2.15. The number of carbonyl (C=O) groups excluding carboxylic acids is 1. The summed E-state index contributed by atoms with van der Waals surface area (Å²) in [7, 11) is 0. The number of benzene rings is 1. The second-order valence-electron chi connectivity index (χ2n) is 3.68. The summed E-state index contributed by atoms with van der Waals surface area (Å²) in [6.45, 7) is 0. The number of carbonyl (C=O) groups is 1. The van der Waals surface area contributed by atoms with Crippen molar-refractivity contribution in [2.75, 3.05) is 10.6 Å². The Morgan fingerprint density at radius 2 is 1.94 bits per heavy atom. The van der Waals surface area contributed by atoms with Gasteiger partial charge in [-0.15, -0.1) is 0 Å². The maximum absolute atomic E-state index is 11.6. The molecule has 1 N–H and O–H groups in total. The lowest BCUT2D eigenvalue weighted by molar-refractivity contribution is -0.116. The van der Waals surface area contributed by atoms with E-state index in [0.29, 0.717) is 17.7 Å². The summed E-state index contributed by atoms with van der Waals surface area (Å²) < 4.78 is 0. The van der Waals surface area contributed by atoms with Gasteiger partial charge in [0.2, 0.25) is 5.91 Å². The average molecular weight is 306 g/mol. The highest BCUT2D eigenvalue weighted by molar-refractivity contribution is 9.09. The number of hydrogen-bond donors (Lipinski definition) is 1. The first-order valence-electron chi connectivity index (χ1n) is 5.51. The van der Waals surface area contributed by atoms with E-state index in [9.17, 15) is 4.79 Å². The number of nitrogens with zero attached hydrogens (tertiary/aromatic N) is 2. The zero-order valence-corrected chi connectivity index (χ0v) is 11.3. The van der Waals surface area contributed by atoms with E-state index in [1.165, 1.54) is 12.1 Å². The van der Waals surface area contributed by atoms with Crippen molar-refractivity contribution < 1.29 is 4.79 Å². The molecule has 0 saturated carbocycles. The maximum atomic E-state index is 11.6. The van der Waals surface area contributed by atoms with Gasteiger partial charge in [0, 0.05) is 17.4 Å². The summed E-state index contributed by atoms with van der Waals surface area (Å²) in [4.78, 5) is 11.6. The molecule has 4 nitrogen and oxygen atoms in total. The van der Waals surface area contributed by atoms with Crippen molar-refractivity contribution in [2.45, 2.75) is 19.3 Å². The highest BCUT2D eigenvalue weighted by atomic mass is 79.9. The van der Waals surface area contributed by atoms with Crippen LogP contribution >= 0.6 is 15.9 Å². The van der Waals surface area contributed by atoms with Gasteiger partial charge in [0.1, 0.15) is 12.1 Å². The molecule has 1 amide bonds. The molecule has 0 aliphatic carbocycles. The molecule has 5 heteroatoms. The average Bonchev–Trinajstić information content (AvgIpc) is 2.39. The van der Waals surface area contributed by atoms with Crippen LogP contribution in [-0.2, 0) is 4.79 Å². The summed E-state index contributed by atoms with van der Waals surface area (Å²) in [5.41, 5.74) is 1.14. The van der Waals surface area contributed by atoms with Gasteiger partial charge >= 0.3 is 0 Å². The summed E-state index contributed by atoms with van der Waals surface area (Å²) in [6, 6.07) is 8.54. The lowest BCUT2D eigenvalue weighted by atomic mass is 10.1. The minimum Gasteiger partial charge on any atom is -0.326 e. The number of unbranched alkanes of at least 4 members (excludes halogenated alkanes) is 1. The van der Waals surface area contributed by atoms with Crippen molar-refractivity contribution in [1.82, 2.24) is 0 Å². The van der Waals surface area contributed by atoms with E-state index >= 15 is 0 Å². The van der Waals surface area contributed by atoms with Gasteiger partial charge in [0.25, 0.3) is 0 Å². The fourth-order valence-electron chi connectivity index (χ4n) is 1.42. The minimum atomic E-state index is -0.0791. The number of rotatable bonds is 5. The van der Waals surface area contributed by atoms with E-state index in [4.69, 9.17) is 10.5 Å². The Labute approximate surface area is 114 Å². The Morgan fingerprint density at radius 1 is 1.22 bits per heavy atom. The maximum Gasteiger partial charge on any atom is 0.224 e. The summed E-state index contributed by atoms with van der Waals surface area (Å²) in [5.74, 6) is -0.0791. The quantitative estimate of drug-likeness (QED) is 0.671. The van der Waals surface area contributed by atoms with Gasteiger partial charge in [-0.05, 0) is 31.0 Å². The van der Waals surface area contributed by atoms with Crippen LogP contribution in [0.3, 0.4) is 0 Å². The normalized spacial score (nSPS) is 9.28. The number of alkyl halides is 1. The molecule has 0 heterocycles. The molecule has 1 aromatic carbocycles. The molecular formula is C13H12BrN3O. The summed E-state index contributed by atoms with van der Waals surface area (Å²) >= 11 is 3.30. The van der Waals surface area contributed by atoms with Crippen molar-refractivity contribution >= 4 is 27.5 Å². The van der Waals surface area contributed by atoms with Crippen LogP contribution in [0, 0.1) is 22.7 Å². The Bertz CT molecular complexity index is 514. The molecule has 0 aliphatic rings. The number of halogens is 1. The van der Waals surface area contributed by atoms with E-state index in [1.807, 2.05) is 12.1 Å². The third-order valence-corrected chi connectivity index (χ3v) is 2.89. The highest BCUT2D eigenvalue weighted by Gasteiger charge is 2.06. The largest absolute Gasteiger partial charge is 0.326 e. The minimum absolute atomic E-state index is 0.0791. The van der Waals surface area contributed by atoms with Gasteiger partial charge in [-0.3, -0.25) is 4.79 Å². The smallest absolute Gasteiger partial charge is 0.224 e. The molecule has 0 radical (unpaired) electrons. The Kier molecular flexibility index (Phi) is 5.90. The molecule has 0 fully saturated rings. The lowest BCUT2D eigenvalue weighted by Crippen LogP contribution is -2.11. The number of hydrogen-bond acceptors (Lipinski definition) is 3. The molecule has 0 spiro atoms. The molecule has 92 valence electrons. The second kappa shape index (κ2) is 7.47. The topological polar surface area (TPSA) is 76.7 Å². The molecular weight excluding hydrogens is 294 g/mol. The van der Waals surface area contributed by atoms with Crippen LogP contribution in [0.15, 0.2) is 18.2 Å². The van der Waals surface area contributed by atoms with Crippen molar-refractivity contribution in [3.63, 3.8) is 0 Å². The van der Waals surface area contributed by atoms with Crippen LogP contribution in [0.1, 0.15) is 30.4 Å². The molecule has 0 bridgehead atoms. The molecule has 0 aromatic heterocycles. The van der Waals surface area contributed by atoms with Gasteiger partial charge in [0.15, 0.2) is 0 Å². The molecule has 1 aromatic rings. The van der Waals surface area contributed by atoms with Crippen LogP contribution in [0.25, 0.3) is 0 Å². The van der Waals surface area contributed by atoms with Crippen LogP contribution < -0.4 is 5.32 Å². The van der Waals surface area contributed by atoms with Gasteiger partial charge in [-0.25, -0.2) is 0 Å². The zero-order chi connectivity index (χ0) is 13.4. The summed E-state index contributed by atoms with van der Waals surface area (Å²) in [5, 5.41) is 21.2. The fourth-order valence-corrected chi connectivity index (χ4v) is 1.81. The van der Waals surface area contributed by atoms with Gasteiger partial charge in [-0.2, -0.15) is 10.5 Å². The van der Waals surface area contributed by atoms with E-state index in [0.717, 1.165) is 18.2 Å². The van der Waals surface area contributed by atoms with Crippen molar-refractivity contribution in [3.8, 4) is 12.1 Å². The van der Waals surface area contributed by atoms with Crippen molar-refractivity contribution in [2.24, 2.45) is 0 Å². The van der Waals surface area contributed by atoms with E-state index in [2.05, 4.69) is 21.2 Å². The Balaban J connectivity index is 2.66. The van der Waals surface area contributed by atoms with Crippen LogP contribution in [0.5, 0.6) is 0 Å². The van der Waals surface area contributed by atoms with Crippen LogP contribution in [-0.4, -0.2) is 11.2 Å². The van der Waals surface area contributed by atoms with E-state index in [-0.39, 0.29) is 11.5 Å². The van der Waals surface area contributed by atoms with Crippen molar-refractivity contribution in [1.29, 1.82) is 10.5 Å². The molecule has 0 atom stereocenters. The number of amides is 1. The molecule has 18 heavy (non-hydrogen) atoms. The number of nitriles is 2. The fraction of sp³-hybridized carbons (Fsp3) is 0.308.